The molecule has 1 aliphatic carbocycles. The lowest BCUT2D eigenvalue weighted by atomic mass is 9.91. The van der Waals surface area contributed by atoms with E-state index in [1.165, 1.54) is 25.7 Å². The molecule has 3 rings (SSSR count). The molecule has 1 fully saturated rings. The molecule has 2 heterocycles. The highest BCUT2D eigenvalue weighted by atomic mass is 16.4. The Morgan fingerprint density at radius 1 is 1.33 bits per heavy atom. The number of hydrogen-bond donors (Lipinski definition) is 2. The molecule has 1 unspecified atom stereocenters. The Morgan fingerprint density at radius 2 is 2.17 bits per heavy atom. The lowest BCUT2D eigenvalue weighted by molar-refractivity contribution is 0.0689. The smallest absolute Gasteiger partial charge is 0.356 e. The highest BCUT2D eigenvalue weighted by molar-refractivity contribution is 5.85. The lowest BCUT2D eigenvalue weighted by Gasteiger charge is -2.31. The van der Waals surface area contributed by atoms with Gasteiger partial charge in [-0.3, -0.25) is 4.68 Å². The minimum atomic E-state index is -0.932. The van der Waals surface area contributed by atoms with Crippen LogP contribution in [0.1, 0.15) is 60.7 Å². The van der Waals surface area contributed by atoms with E-state index >= 15 is 0 Å². The van der Waals surface area contributed by atoms with Crippen molar-refractivity contribution in [2.75, 3.05) is 0 Å². The van der Waals surface area contributed by atoms with E-state index in [-0.39, 0.29) is 11.7 Å². The number of nitrogens with one attached hydrogen (secondary N) is 1. The maximum Gasteiger partial charge on any atom is 0.356 e. The summed E-state index contributed by atoms with van der Waals surface area (Å²) in [6, 6.07) is 2.63. The third-order valence-electron chi connectivity index (χ3n) is 4.04. The van der Waals surface area contributed by atoms with Gasteiger partial charge < -0.3 is 10.4 Å². The number of fused-ring (bicyclic) bond motifs is 1. The molecular formula is C13H19N3O2. The highest BCUT2D eigenvalue weighted by Gasteiger charge is 2.27. The number of aromatic carboxylic acids is 1. The highest BCUT2D eigenvalue weighted by Crippen LogP contribution is 2.29. The number of nitrogens with zero attached hydrogens (tertiary/aromatic N) is 2. The van der Waals surface area contributed by atoms with Gasteiger partial charge >= 0.3 is 5.97 Å². The van der Waals surface area contributed by atoms with E-state index in [9.17, 15) is 4.79 Å². The first kappa shape index (κ1) is 11.7. The quantitative estimate of drug-likeness (QED) is 0.859. The van der Waals surface area contributed by atoms with Gasteiger partial charge in [-0.15, -0.1) is 0 Å². The molecule has 0 aromatic carbocycles. The molecule has 0 bridgehead atoms. The van der Waals surface area contributed by atoms with Gasteiger partial charge in [0.1, 0.15) is 0 Å². The van der Waals surface area contributed by atoms with E-state index < -0.39 is 5.97 Å². The Morgan fingerprint density at radius 3 is 2.83 bits per heavy atom. The van der Waals surface area contributed by atoms with Gasteiger partial charge in [-0.2, -0.15) is 5.10 Å². The van der Waals surface area contributed by atoms with Crippen LogP contribution < -0.4 is 5.32 Å². The predicted molar refractivity (Wildman–Crippen MR) is 66.6 cm³/mol. The van der Waals surface area contributed by atoms with E-state index in [0.29, 0.717) is 6.04 Å². The minimum Gasteiger partial charge on any atom is -0.476 e. The van der Waals surface area contributed by atoms with Crippen LogP contribution in [0.15, 0.2) is 6.07 Å². The molecule has 2 N–H and O–H groups in total. The van der Waals surface area contributed by atoms with Crippen molar-refractivity contribution in [2.45, 2.75) is 57.2 Å². The standard InChI is InChI=1S/C13H19N3O2/c17-13(18)11-8-12-10(14-9-4-3-5-9)6-1-2-7-16(12)15-11/h8-10,14H,1-7H2,(H,17,18). The predicted octanol–water partition coefficient (Wildman–Crippen LogP) is 1.95. The second-order valence-corrected chi connectivity index (χ2v) is 5.33. The zero-order valence-corrected chi connectivity index (χ0v) is 10.4. The maximum atomic E-state index is 11.0. The van der Waals surface area contributed by atoms with Gasteiger partial charge in [0.15, 0.2) is 5.69 Å². The Bertz CT molecular complexity index is 451. The molecule has 1 aliphatic heterocycles. The van der Waals surface area contributed by atoms with Crippen molar-refractivity contribution in [1.82, 2.24) is 15.1 Å². The monoisotopic (exact) mass is 249 g/mol. The molecule has 1 aromatic rings. The van der Waals surface area contributed by atoms with Gasteiger partial charge in [0, 0.05) is 18.6 Å². The van der Waals surface area contributed by atoms with Gasteiger partial charge in [-0.05, 0) is 38.2 Å². The number of rotatable bonds is 3. The zero-order chi connectivity index (χ0) is 12.5. The van der Waals surface area contributed by atoms with Gasteiger partial charge in [0.2, 0.25) is 0 Å². The summed E-state index contributed by atoms with van der Waals surface area (Å²) in [5.74, 6) is -0.932. The Kier molecular flexibility index (Phi) is 3.07. The van der Waals surface area contributed by atoms with Crippen LogP contribution in [0.4, 0.5) is 0 Å². The molecule has 0 saturated heterocycles. The second-order valence-electron chi connectivity index (χ2n) is 5.33. The molecule has 5 heteroatoms. The molecule has 1 aromatic heterocycles. The summed E-state index contributed by atoms with van der Waals surface area (Å²) in [4.78, 5) is 11.0. The van der Waals surface area contributed by atoms with E-state index in [4.69, 9.17) is 5.11 Å². The van der Waals surface area contributed by atoms with Crippen LogP contribution in [0.3, 0.4) is 0 Å². The van der Waals surface area contributed by atoms with Crippen LogP contribution in [0.2, 0.25) is 0 Å². The topological polar surface area (TPSA) is 67.1 Å². The number of aromatic nitrogens is 2. The fourth-order valence-electron chi connectivity index (χ4n) is 2.78. The van der Waals surface area contributed by atoms with Crippen LogP contribution in [0, 0.1) is 0 Å². The Labute approximate surface area is 106 Å². The fourth-order valence-corrected chi connectivity index (χ4v) is 2.78. The first-order valence-electron chi connectivity index (χ1n) is 6.81. The summed E-state index contributed by atoms with van der Waals surface area (Å²) in [5, 5.41) is 16.9. The fraction of sp³-hybridized carbons (Fsp3) is 0.692. The summed E-state index contributed by atoms with van der Waals surface area (Å²) in [6.45, 7) is 0.839. The SMILES string of the molecule is O=C(O)c1cc2n(n1)CCCCC2NC1CCC1. The largest absolute Gasteiger partial charge is 0.476 e. The zero-order valence-electron chi connectivity index (χ0n) is 10.4. The van der Waals surface area contributed by atoms with Gasteiger partial charge in [-0.25, -0.2) is 4.79 Å². The maximum absolute atomic E-state index is 11.0. The van der Waals surface area contributed by atoms with Crippen molar-refractivity contribution in [3.8, 4) is 0 Å². The van der Waals surface area contributed by atoms with E-state index in [2.05, 4.69) is 10.4 Å². The van der Waals surface area contributed by atoms with Crippen molar-refractivity contribution in [2.24, 2.45) is 0 Å². The van der Waals surface area contributed by atoms with Gasteiger partial charge in [0.05, 0.1) is 5.69 Å². The van der Waals surface area contributed by atoms with Gasteiger partial charge in [0.25, 0.3) is 0 Å². The first-order chi connectivity index (χ1) is 8.74. The number of carboxylic acid groups (broad SMARTS) is 1. The third kappa shape index (κ3) is 2.14. The van der Waals surface area contributed by atoms with Crippen LogP contribution in [0.25, 0.3) is 0 Å². The normalized spacial score (nSPS) is 24.1. The molecule has 18 heavy (non-hydrogen) atoms. The van der Waals surface area contributed by atoms with E-state index in [1.807, 2.05) is 4.68 Å². The number of hydrogen-bond acceptors (Lipinski definition) is 3. The van der Waals surface area contributed by atoms with Crippen molar-refractivity contribution in [1.29, 1.82) is 0 Å². The Hall–Kier alpha value is -1.36. The van der Waals surface area contributed by atoms with Crippen LogP contribution in [0.5, 0.6) is 0 Å². The van der Waals surface area contributed by atoms with E-state index in [1.54, 1.807) is 6.07 Å². The number of carbonyl (C=O) groups is 1. The van der Waals surface area contributed by atoms with Crippen molar-refractivity contribution in [3.63, 3.8) is 0 Å². The molecule has 0 radical (unpaired) electrons. The molecule has 1 atom stereocenters. The Balaban J connectivity index is 1.84. The molecule has 98 valence electrons. The van der Waals surface area contributed by atoms with Crippen molar-refractivity contribution in [3.05, 3.63) is 17.5 Å². The average molecular weight is 249 g/mol. The lowest BCUT2D eigenvalue weighted by Crippen LogP contribution is -2.38. The average Bonchev–Trinajstić information content (AvgIpc) is 2.62. The molecular weight excluding hydrogens is 230 g/mol. The molecule has 1 saturated carbocycles. The summed E-state index contributed by atoms with van der Waals surface area (Å²) >= 11 is 0. The molecule has 0 amide bonds. The van der Waals surface area contributed by atoms with Crippen LogP contribution in [-0.4, -0.2) is 26.9 Å². The number of carboxylic acids is 1. The van der Waals surface area contributed by atoms with Crippen molar-refractivity contribution < 1.29 is 9.90 Å². The summed E-state index contributed by atoms with van der Waals surface area (Å²) in [7, 11) is 0. The van der Waals surface area contributed by atoms with Crippen LogP contribution in [-0.2, 0) is 6.54 Å². The molecule has 5 nitrogen and oxygen atoms in total. The first-order valence-corrected chi connectivity index (χ1v) is 6.81. The van der Waals surface area contributed by atoms with E-state index in [0.717, 1.165) is 25.1 Å². The molecule has 0 spiro atoms. The summed E-state index contributed by atoms with van der Waals surface area (Å²) < 4.78 is 1.88. The molecule has 2 aliphatic rings. The third-order valence-corrected chi connectivity index (χ3v) is 4.04. The van der Waals surface area contributed by atoms with Crippen molar-refractivity contribution >= 4 is 5.97 Å². The summed E-state index contributed by atoms with van der Waals surface area (Å²) in [5.41, 5.74) is 1.23. The van der Waals surface area contributed by atoms with Crippen LogP contribution >= 0.6 is 0 Å². The summed E-state index contributed by atoms with van der Waals surface area (Å²) in [6.07, 6.45) is 7.14. The second kappa shape index (κ2) is 4.72. The number of aryl methyl sites for hydroxylation is 1. The minimum absolute atomic E-state index is 0.173. The van der Waals surface area contributed by atoms with Gasteiger partial charge in [-0.1, -0.05) is 6.42 Å².